The molecule has 1 amide bonds. The molecule has 12 heteroatoms. The minimum Gasteiger partial charge on any atom is -0.480 e. The minimum absolute atomic E-state index is 0.162. The second-order valence-corrected chi connectivity index (χ2v) is 10.3. The zero-order chi connectivity index (χ0) is 28.2. The molecule has 1 aromatic carbocycles. The fourth-order valence-electron chi connectivity index (χ4n) is 4.94. The summed E-state index contributed by atoms with van der Waals surface area (Å²) in [6.07, 6.45) is 6.45. The van der Waals surface area contributed by atoms with Crippen LogP contribution in [-0.2, 0) is 19.5 Å². The number of carbonyl (C=O) groups is 1. The standard InChI is InChI=1S/C28H28F2N8O2/c1-28(29,30)20-13-36(2)24(34-20)18-7-5-16(6-8-18)12-38-15-37(3)27(39)19-11-31-23(35-25(19)38)21-22(17-9-10-17)32-14-33-26(21)40-4/h5-8,11,13-14,17H,9-10,12,15H2,1-4H3. The average molecular weight is 547 g/mol. The van der Waals surface area contributed by atoms with E-state index >= 15 is 0 Å². The number of aromatic nitrogens is 6. The summed E-state index contributed by atoms with van der Waals surface area (Å²) in [7, 11) is 4.98. The van der Waals surface area contributed by atoms with Gasteiger partial charge in [0.05, 0.1) is 19.5 Å². The van der Waals surface area contributed by atoms with Crippen molar-refractivity contribution in [3.05, 3.63) is 65.5 Å². The Morgan fingerprint density at radius 3 is 2.48 bits per heavy atom. The third kappa shape index (κ3) is 4.63. The summed E-state index contributed by atoms with van der Waals surface area (Å²) in [5.41, 5.74) is 3.31. The summed E-state index contributed by atoms with van der Waals surface area (Å²) < 4.78 is 34.7. The molecule has 1 aliphatic heterocycles. The molecule has 0 spiro atoms. The number of halogens is 2. The first-order valence-electron chi connectivity index (χ1n) is 12.9. The number of hydrogen-bond donors (Lipinski definition) is 0. The van der Waals surface area contributed by atoms with Gasteiger partial charge in [-0.1, -0.05) is 24.3 Å². The van der Waals surface area contributed by atoms with Crippen molar-refractivity contribution < 1.29 is 18.3 Å². The maximum absolute atomic E-state index is 13.8. The van der Waals surface area contributed by atoms with Gasteiger partial charge in [-0.15, -0.1) is 0 Å². The molecule has 0 unspecified atom stereocenters. The maximum atomic E-state index is 13.8. The number of alkyl halides is 2. The number of carbonyl (C=O) groups excluding carboxylic acids is 1. The molecular weight excluding hydrogens is 518 g/mol. The highest BCUT2D eigenvalue weighted by Crippen LogP contribution is 2.45. The van der Waals surface area contributed by atoms with E-state index in [9.17, 15) is 13.6 Å². The lowest BCUT2D eigenvalue weighted by molar-refractivity contribution is 0.0131. The van der Waals surface area contributed by atoms with Gasteiger partial charge in [-0.2, -0.15) is 8.78 Å². The lowest BCUT2D eigenvalue weighted by Crippen LogP contribution is -2.45. The van der Waals surface area contributed by atoms with Gasteiger partial charge in [-0.05, 0) is 18.4 Å². The number of amides is 1. The minimum atomic E-state index is -3.02. The van der Waals surface area contributed by atoms with Crippen molar-refractivity contribution in [1.29, 1.82) is 0 Å². The van der Waals surface area contributed by atoms with E-state index in [1.807, 2.05) is 29.2 Å². The van der Waals surface area contributed by atoms with Crippen molar-refractivity contribution in [2.75, 3.05) is 25.7 Å². The quantitative estimate of drug-likeness (QED) is 0.337. The van der Waals surface area contributed by atoms with Gasteiger partial charge in [0.1, 0.15) is 34.8 Å². The highest BCUT2D eigenvalue weighted by molar-refractivity contribution is 6.00. The predicted octanol–water partition coefficient (Wildman–Crippen LogP) is 4.38. The first-order chi connectivity index (χ1) is 19.1. The van der Waals surface area contributed by atoms with Crippen LogP contribution >= 0.6 is 0 Å². The van der Waals surface area contributed by atoms with E-state index in [0.29, 0.717) is 53.6 Å². The second-order valence-electron chi connectivity index (χ2n) is 10.3. The van der Waals surface area contributed by atoms with Gasteiger partial charge in [0.25, 0.3) is 11.8 Å². The Hall–Kier alpha value is -4.48. The van der Waals surface area contributed by atoms with Crippen molar-refractivity contribution in [3.63, 3.8) is 0 Å². The molecule has 0 N–H and O–H groups in total. The average Bonchev–Trinajstić information content (AvgIpc) is 3.71. The van der Waals surface area contributed by atoms with Gasteiger partial charge in [0, 0.05) is 51.4 Å². The third-order valence-electron chi connectivity index (χ3n) is 7.16. The van der Waals surface area contributed by atoms with Gasteiger partial charge >= 0.3 is 0 Å². The molecule has 0 bridgehead atoms. The maximum Gasteiger partial charge on any atom is 0.288 e. The largest absolute Gasteiger partial charge is 0.480 e. The van der Waals surface area contributed by atoms with Gasteiger partial charge in [-0.25, -0.2) is 24.9 Å². The fourth-order valence-corrected chi connectivity index (χ4v) is 4.94. The number of methoxy groups -OCH3 is 1. The number of nitrogens with zero attached hydrogens (tertiary/aromatic N) is 8. The number of aryl methyl sites for hydroxylation is 1. The van der Waals surface area contributed by atoms with Gasteiger partial charge < -0.3 is 19.1 Å². The van der Waals surface area contributed by atoms with E-state index in [4.69, 9.17) is 9.72 Å². The van der Waals surface area contributed by atoms with Crippen molar-refractivity contribution in [2.24, 2.45) is 7.05 Å². The van der Waals surface area contributed by atoms with Crippen LogP contribution in [-0.4, -0.2) is 61.1 Å². The molecule has 0 atom stereocenters. The number of ether oxygens (including phenoxy) is 1. The zero-order valence-electron chi connectivity index (χ0n) is 22.6. The fraction of sp³-hybridized carbons (Fsp3) is 0.357. The number of rotatable bonds is 7. The molecule has 0 saturated heterocycles. The van der Waals surface area contributed by atoms with Crippen LogP contribution in [0.5, 0.6) is 5.88 Å². The van der Waals surface area contributed by atoms with Crippen LogP contribution < -0.4 is 9.64 Å². The summed E-state index contributed by atoms with van der Waals surface area (Å²) >= 11 is 0. The third-order valence-corrected chi connectivity index (χ3v) is 7.16. The van der Waals surface area contributed by atoms with Gasteiger partial charge in [0.2, 0.25) is 5.88 Å². The molecule has 4 heterocycles. The number of fused-ring (bicyclic) bond motifs is 1. The SMILES string of the molecule is COc1ncnc(C2CC2)c1-c1ncc2c(n1)N(Cc1ccc(-c3nc(C(C)(F)F)cn3C)cc1)CN(C)C2=O. The lowest BCUT2D eigenvalue weighted by atomic mass is 10.1. The smallest absolute Gasteiger partial charge is 0.288 e. The number of hydrogen-bond acceptors (Lipinski definition) is 8. The van der Waals surface area contributed by atoms with E-state index in [-0.39, 0.29) is 11.6 Å². The molecule has 6 rings (SSSR count). The van der Waals surface area contributed by atoms with Crippen LogP contribution in [0.2, 0.25) is 0 Å². The molecule has 10 nitrogen and oxygen atoms in total. The van der Waals surface area contributed by atoms with E-state index in [0.717, 1.165) is 36.6 Å². The Morgan fingerprint density at radius 1 is 1.07 bits per heavy atom. The Labute approximate surface area is 229 Å². The highest BCUT2D eigenvalue weighted by Gasteiger charge is 2.34. The van der Waals surface area contributed by atoms with E-state index in [1.165, 1.54) is 12.5 Å². The Bertz CT molecular complexity index is 1600. The van der Waals surface area contributed by atoms with Gasteiger partial charge in [0.15, 0.2) is 5.82 Å². The van der Waals surface area contributed by atoms with Crippen LogP contribution in [0.4, 0.5) is 14.6 Å². The van der Waals surface area contributed by atoms with Crippen LogP contribution in [0.1, 0.15) is 53.0 Å². The topological polar surface area (TPSA) is 102 Å². The van der Waals surface area contributed by atoms with Crippen LogP contribution in [0, 0.1) is 0 Å². The molecule has 0 radical (unpaired) electrons. The van der Waals surface area contributed by atoms with Crippen molar-refractivity contribution in [3.8, 4) is 28.7 Å². The van der Waals surface area contributed by atoms with Crippen LogP contribution in [0.25, 0.3) is 22.8 Å². The van der Waals surface area contributed by atoms with E-state index in [2.05, 4.69) is 19.9 Å². The van der Waals surface area contributed by atoms with Crippen molar-refractivity contribution in [1.82, 2.24) is 34.4 Å². The zero-order valence-corrected chi connectivity index (χ0v) is 22.6. The molecule has 1 fully saturated rings. The summed E-state index contributed by atoms with van der Waals surface area (Å²) in [5.74, 6) is -1.08. The van der Waals surface area contributed by atoms with Gasteiger partial charge in [-0.3, -0.25) is 4.79 Å². The number of imidazole rings is 1. The monoisotopic (exact) mass is 546 g/mol. The first kappa shape index (κ1) is 25.8. The second kappa shape index (κ2) is 9.61. The molecule has 2 aliphatic rings. The van der Waals surface area contributed by atoms with Crippen molar-refractivity contribution in [2.45, 2.75) is 38.2 Å². The summed E-state index contributed by atoms with van der Waals surface area (Å²) in [4.78, 5) is 38.9. The van der Waals surface area contributed by atoms with E-state index < -0.39 is 5.92 Å². The molecule has 1 aliphatic carbocycles. The summed E-state index contributed by atoms with van der Waals surface area (Å²) in [5, 5.41) is 0. The summed E-state index contributed by atoms with van der Waals surface area (Å²) in [6, 6.07) is 7.55. The Kier molecular flexibility index (Phi) is 6.20. The molecule has 4 aromatic rings. The van der Waals surface area contributed by atoms with Crippen LogP contribution in [0.15, 0.2) is 43.0 Å². The van der Waals surface area contributed by atoms with Crippen molar-refractivity contribution >= 4 is 11.7 Å². The number of anilines is 1. The lowest BCUT2D eigenvalue weighted by Gasteiger charge is -2.35. The molecule has 206 valence electrons. The van der Waals surface area contributed by atoms with Crippen LogP contribution in [0.3, 0.4) is 0 Å². The normalized spacial score (nSPS) is 15.4. The first-order valence-corrected chi connectivity index (χ1v) is 12.9. The Balaban J connectivity index is 1.33. The molecule has 3 aromatic heterocycles. The van der Waals surface area contributed by atoms with E-state index in [1.54, 1.807) is 36.9 Å². The molecule has 40 heavy (non-hydrogen) atoms. The highest BCUT2D eigenvalue weighted by atomic mass is 19.3. The molecular formula is C28H28F2N8O2. The summed E-state index contributed by atoms with van der Waals surface area (Å²) in [6.45, 7) is 1.62. The number of benzene rings is 1. The predicted molar refractivity (Wildman–Crippen MR) is 143 cm³/mol. The molecule has 1 saturated carbocycles. The Morgan fingerprint density at radius 2 is 1.82 bits per heavy atom.